The number of nitrogens with one attached hydrogen (secondary N) is 1. The number of aliphatic hydroxyl groups excluding tert-OH is 1. The molecule has 0 amide bonds. The molecule has 0 aliphatic rings. The second-order valence-electron chi connectivity index (χ2n) is 3.57. The number of pyridine rings is 1. The van der Waals surface area contributed by atoms with E-state index >= 15 is 0 Å². The van der Waals surface area contributed by atoms with Gasteiger partial charge in [-0.25, -0.2) is 13.8 Å². The zero-order valence-corrected chi connectivity index (χ0v) is 9.30. The van der Waals surface area contributed by atoms with E-state index in [-0.39, 0.29) is 5.56 Å². The van der Waals surface area contributed by atoms with Crippen LogP contribution in [0.15, 0.2) is 12.1 Å². The molecule has 104 valence electrons. The first-order valence-corrected chi connectivity index (χ1v) is 4.90. The van der Waals surface area contributed by atoms with Gasteiger partial charge in [0.15, 0.2) is 0 Å². The quantitative estimate of drug-likeness (QED) is 0.828. The summed E-state index contributed by atoms with van der Waals surface area (Å²) in [5, 5.41) is 18.9. The number of hydrogen-bond donors (Lipinski definition) is 2. The first-order valence-electron chi connectivity index (χ1n) is 4.90. The molecule has 0 unspecified atom stereocenters. The molecule has 0 atom stereocenters. The Labute approximate surface area is 104 Å². The summed E-state index contributed by atoms with van der Waals surface area (Å²) >= 11 is 0. The lowest BCUT2D eigenvalue weighted by Crippen LogP contribution is -2.31. The molecule has 1 aromatic heterocycles. The standard InChI is InChI=1S/C10H8F5N3O/c11-9(12,5-19)4-17-8-6(3-16)1-2-7(18-8)10(13,14)15/h1-2,19H,4-5H2,(H,17,18). The molecule has 0 aliphatic carbocycles. The maximum Gasteiger partial charge on any atom is 0.433 e. The molecule has 0 radical (unpaired) electrons. The maximum atomic E-state index is 12.8. The predicted molar refractivity (Wildman–Crippen MR) is 54.5 cm³/mol. The van der Waals surface area contributed by atoms with Crippen LogP contribution in [0.3, 0.4) is 0 Å². The van der Waals surface area contributed by atoms with Crippen molar-refractivity contribution in [2.24, 2.45) is 0 Å². The lowest BCUT2D eigenvalue weighted by molar-refractivity contribution is -0.141. The topological polar surface area (TPSA) is 68.9 Å². The van der Waals surface area contributed by atoms with Gasteiger partial charge in [-0.15, -0.1) is 0 Å². The van der Waals surface area contributed by atoms with Crippen molar-refractivity contribution in [2.45, 2.75) is 12.1 Å². The molecule has 1 heterocycles. The molecule has 0 bridgehead atoms. The van der Waals surface area contributed by atoms with Gasteiger partial charge in [-0.1, -0.05) is 0 Å². The molecule has 0 aliphatic heterocycles. The van der Waals surface area contributed by atoms with Crippen LogP contribution in [0, 0.1) is 11.3 Å². The van der Waals surface area contributed by atoms with Crippen LogP contribution in [0.5, 0.6) is 0 Å². The Bertz CT molecular complexity index is 495. The fraction of sp³-hybridized carbons (Fsp3) is 0.400. The molecule has 19 heavy (non-hydrogen) atoms. The van der Waals surface area contributed by atoms with Crippen LogP contribution in [-0.2, 0) is 6.18 Å². The minimum atomic E-state index is -4.75. The van der Waals surface area contributed by atoms with Crippen LogP contribution in [-0.4, -0.2) is 29.2 Å². The number of aliphatic hydroxyl groups is 1. The van der Waals surface area contributed by atoms with Crippen molar-refractivity contribution in [3.05, 3.63) is 23.4 Å². The Morgan fingerprint density at radius 1 is 1.26 bits per heavy atom. The minimum absolute atomic E-state index is 0.304. The van der Waals surface area contributed by atoms with E-state index in [1.165, 1.54) is 6.07 Å². The summed E-state index contributed by atoms with van der Waals surface area (Å²) < 4.78 is 62.7. The SMILES string of the molecule is N#Cc1ccc(C(F)(F)F)nc1NCC(F)(F)CO. The lowest BCUT2D eigenvalue weighted by atomic mass is 10.2. The first kappa shape index (κ1) is 15.1. The highest BCUT2D eigenvalue weighted by Gasteiger charge is 2.34. The van der Waals surface area contributed by atoms with E-state index in [1.54, 1.807) is 0 Å². The van der Waals surface area contributed by atoms with Gasteiger partial charge < -0.3 is 10.4 Å². The summed E-state index contributed by atoms with van der Waals surface area (Å²) in [6, 6.07) is 2.93. The second-order valence-corrected chi connectivity index (χ2v) is 3.57. The molecule has 9 heteroatoms. The molecule has 1 aromatic rings. The van der Waals surface area contributed by atoms with E-state index in [2.05, 4.69) is 4.98 Å². The number of nitrogens with zero attached hydrogens (tertiary/aromatic N) is 2. The molecule has 2 N–H and O–H groups in total. The third kappa shape index (κ3) is 4.03. The Balaban J connectivity index is 3.01. The van der Waals surface area contributed by atoms with E-state index < -0.39 is 36.8 Å². The minimum Gasteiger partial charge on any atom is -0.390 e. The molecule has 0 spiro atoms. The maximum absolute atomic E-state index is 12.8. The monoisotopic (exact) mass is 281 g/mol. The van der Waals surface area contributed by atoms with Crippen LogP contribution in [0.25, 0.3) is 0 Å². The van der Waals surface area contributed by atoms with Crippen LogP contribution in [0.2, 0.25) is 0 Å². The van der Waals surface area contributed by atoms with Crippen molar-refractivity contribution in [1.29, 1.82) is 5.26 Å². The highest BCUT2D eigenvalue weighted by atomic mass is 19.4. The summed E-state index contributed by atoms with van der Waals surface area (Å²) in [6.45, 7) is -2.60. The molecule has 0 fully saturated rings. The van der Waals surface area contributed by atoms with E-state index in [9.17, 15) is 22.0 Å². The largest absolute Gasteiger partial charge is 0.433 e. The van der Waals surface area contributed by atoms with Gasteiger partial charge in [0.25, 0.3) is 5.92 Å². The van der Waals surface area contributed by atoms with Crippen molar-refractivity contribution < 1.29 is 27.1 Å². The van der Waals surface area contributed by atoms with E-state index in [0.717, 1.165) is 6.07 Å². The number of aromatic nitrogens is 1. The summed E-state index contributed by atoms with van der Waals surface area (Å²) in [6.07, 6.45) is -4.75. The van der Waals surface area contributed by atoms with E-state index in [4.69, 9.17) is 10.4 Å². The number of nitriles is 1. The number of rotatable bonds is 4. The van der Waals surface area contributed by atoms with E-state index in [1.807, 2.05) is 5.32 Å². The van der Waals surface area contributed by atoms with Crippen LogP contribution in [0.1, 0.15) is 11.3 Å². The molecule has 0 aromatic carbocycles. The fourth-order valence-corrected chi connectivity index (χ4v) is 1.11. The van der Waals surface area contributed by atoms with Crippen molar-refractivity contribution >= 4 is 5.82 Å². The third-order valence-electron chi connectivity index (χ3n) is 2.05. The lowest BCUT2D eigenvalue weighted by Gasteiger charge is -2.16. The molecular weight excluding hydrogens is 273 g/mol. The van der Waals surface area contributed by atoms with Crippen molar-refractivity contribution in [1.82, 2.24) is 4.98 Å². The van der Waals surface area contributed by atoms with Crippen molar-refractivity contribution in [3.63, 3.8) is 0 Å². The zero-order valence-electron chi connectivity index (χ0n) is 9.30. The smallest absolute Gasteiger partial charge is 0.390 e. The normalized spacial score (nSPS) is 12.1. The fourth-order valence-electron chi connectivity index (χ4n) is 1.11. The third-order valence-corrected chi connectivity index (χ3v) is 2.05. The molecular formula is C10H8F5N3O. The zero-order chi connectivity index (χ0) is 14.7. The average molecular weight is 281 g/mol. The van der Waals surface area contributed by atoms with Gasteiger partial charge in [0, 0.05) is 0 Å². The Morgan fingerprint density at radius 3 is 2.37 bits per heavy atom. The predicted octanol–water partition coefficient (Wildman–Crippen LogP) is 2.01. The van der Waals surface area contributed by atoms with Crippen molar-refractivity contribution in [3.8, 4) is 6.07 Å². The van der Waals surface area contributed by atoms with Gasteiger partial charge in [-0.2, -0.15) is 18.4 Å². The number of halogens is 5. The second kappa shape index (κ2) is 5.36. The summed E-state index contributed by atoms with van der Waals surface area (Å²) in [4.78, 5) is 3.08. The number of anilines is 1. The van der Waals surface area contributed by atoms with Gasteiger partial charge in [-0.05, 0) is 12.1 Å². The highest BCUT2D eigenvalue weighted by Crippen LogP contribution is 2.29. The van der Waals surface area contributed by atoms with Gasteiger partial charge in [-0.3, -0.25) is 0 Å². The average Bonchev–Trinajstić information content (AvgIpc) is 2.35. The van der Waals surface area contributed by atoms with E-state index in [0.29, 0.717) is 6.07 Å². The summed E-state index contributed by atoms with van der Waals surface area (Å²) in [5.41, 5.74) is -1.61. The molecule has 0 saturated carbocycles. The molecule has 4 nitrogen and oxygen atoms in total. The number of alkyl halides is 5. The van der Waals surface area contributed by atoms with Crippen LogP contribution >= 0.6 is 0 Å². The van der Waals surface area contributed by atoms with Gasteiger partial charge in [0.05, 0.1) is 12.1 Å². The molecule has 1 rings (SSSR count). The molecule has 0 saturated heterocycles. The van der Waals surface area contributed by atoms with Gasteiger partial charge in [0.2, 0.25) is 0 Å². The van der Waals surface area contributed by atoms with Crippen LogP contribution < -0.4 is 5.32 Å². The Morgan fingerprint density at radius 2 is 1.89 bits per heavy atom. The van der Waals surface area contributed by atoms with Gasteiger partial charge in [0.1, 0.15) is 24.2 Å². The van der Waals surface area contributed by atoms with Crippen molar-refractivity contribution in [2.75, 3.05) is 18.5 Å². The Hall–Kier alpha value is -1.95. The van der Waals surface area contributed by atoms with Gasteiger partial charge >= 0.3 is 6.18 Å². The highest BCUT2D eigenvalue weighted by molar-refractivity contribution is 5.52. The van der Waals surface area contributed by atoms with Crippen LogP contribution in [0.4, 0.5) is 27.8 Å². The first-order chi connectivity index (χ1) is 8.69. The number of hydrogen-bond acceptors (Lipinski definition) is 4. The summed E-state index contributed by atoms with van der Waals surface area (Å²) in [5.74, 6) is -4.13. The Kier molecular flexibility index (Phi) is 4.26. The summed E-state index contributed by atoms with van der Waals surface area (Å²) in [7, 11) is 0.